The third-order valence-electron chi connectivity index (χ3n) is 3.51. The zero-order valence-corrected chi connectivity index (χ0v) is 14.6. The van der Waals surface area contributed by atoms with Crippen LogP contribution in [0.2, 0.25) is 0 Å². The first-order valence-corrected chi connectivity index (χ1v) is 8.13. The molecule has 1 aliphatic rings. The average molecular weight is 390 g/mol. The Balaban J connectivity index is 1.60. The molecule has 0 aliphatic carbocycles. The minimum absolute atomic E-state index is 0.185. The van der Waals surface area contributed by atoms with Gasteiger partial charge in [0.25, 0.3) is 0 Å². The Kier molecular flexibility index (Phi) is 5.05. The predicted octanol–water partition coefficient (Wildman–Crippen LogP) is 3.52. The second-order valence-corrected chi connectivity index (χ2v) is 6.04. The second-order valence-electron chi connectivity index (χ2n) is 5.13. The number of rotatable bonds is 5. The van der Waals surface area contributed by atoms with Crippen LogP contribution in [0.1, 0.15) is 11.1 Å². The van der Waals surface area contributed by atoms with Crippen LogP contribution < -0.4 is 19.5 Å². The Hall–Kier alpha value is -2.47. The number of carbonyl (C=O) groups excluding carboxylic acids is 1. The SMILES string of the molecule is COc1ccc(Br)cc1/C=C/C(=O)NCc1ccc2c(c1)OCO2. The van der Waals surface area contributed by atoms with Crippen molar-refractivity contribution in [3.8, 4) is 17.2 Å². The van der Waals surface area contributed by atoms with Gasteiger partial charge in [-0.15, -0.1) is 0 Å². The Morgan fingerprint density at radius 2 is 2.08 bits per heavy atom. The first-order chi connectivity index (χ1) is 11.7. The fraction of sp³-hybridized carbons (Fsp3) is 0.167. The molecule has 0 saturated carbocycles. The minimum Gasteiger partial charge on any atom is -0.496 e. The molecule has 0 saturated heterocycles. The molecule has 5 nitrogen and oxygen atoms in total. The van der Waals surface area contributed by atoms with E-state index >= 15 is 0 Å². The quantitative estimate of drug-likeness (QED) is 0.794. The van der Waals surface area contributed by atoms with Crippen molar-refractivity contribution in [3.05, 3.63) is 58.1 Å². The number of methoxy groups -OCH3 is 1. The van der Waals surface area contributed by atoms with Crippen LogP contribution in [0.5, 0.6) is 17.2 Å². The van der Waals surface area contributed by atoms with Gasteiger partial charge in [0.15, 0.2) is 11.5 Å². The van der Waals surface area contributed by atoms with Gasteiger partial charge in [-0.05, 0) is 42.0 Å². The van der Waals surface area contributed by atoms with Crippen LogP contribution in [0, 0.1) is 0 Å². The van der Waals surface area contributed by atoms with E-state index in [1.165, 1.54) is 6.08 Å². The fourth-order valence-electron chi connectivity index (χ4n) is 2.30. The van der Waals surface area contributed by atoms with Gasteiger partial charge in [-0.1, -0.05) is 22.0 Å². The lowest BCUT2D eigenvalue weighted by atomic mass is 10.2. The molecule has 6 heteroatoms. The summed E-state index contributed by atoms with van der Waals surface area (Å²) in [6.07, 6.45) is 3.20. The monoisotopic (exact) mass is 389 g/mol. The molecule has 2 aromatic rings. The molecular formula is C18H16BrNO4. The van der Waals surface area contributed by atoms with E-state index in [0.717, 1.165) is 21.3 Å². The van der Waals surface area contributed by atoms with E-state index in [2.05, 4.69) is 21.2 Å². The largest absolute Gasteiger partial charge is 0.496 e. The van der Waals surface area contributed by atoms with Crippen molar-refractivity contribution in [2.45, 2.75) is 6.54 Å². The van der Waals surface area contributed by atoms with E-state index in [-0.39, 0.29) is 12.7 Å². The van der Waals surface area contributed by atoms with E-state index in [1.54, 1.807) is 13.2 Å². The van der Waals surface area contributed by atoms with Crippen molar-refractivity contribution >= 4 is 27.9 Å². The van der Waals surface area contributed by atoms with Gasteiger partial charge in [-0.25, -0.2) is 0 Å². The average Bonchev–Trinajstić information content (AvgIpc) is 3.06. The Bertz CT molecular complexity index is 789. The summed E-state index contributed by atoms with van der Waals surface area (Å²) in [6.45, 7) is 0.651. The maximum absolute atomic E-state index is 12.0. The van der Waals surface area contributed by atoms with Gasteiger partial charge < -0.3 is 19.5 Å². The number of nitrogens with one attached hydrogen (secondary N) is 1. The lowest BCUT2D eigenvalue weighted by molar-refractivity contribution is -0.116. The molecule has 0 spiro atoms. The summed E-state index contributed by atoms with van der Waals surface area (Å²) in [4.78, 5) is 12.0. The number of fused-ring (bicyclic) bond motifs is 1. The topological polar surface area (TPSA) is 56.8 Å². The maximum Gasteiger partial charge on any atom is 0.244 e. The van der Waals surface area contributed by atoms with Crippen LogP contribution >= 0.6 is 15.9 Å². The van der Waals surface area contributed by atoms with Crippen molar-refractivity contribution in [1.29, 1.82) is 0 Å². The van der Waals surface area contributed by atoms with Crippen LogP contribution in [-0.2, 0) is 11.3 Å². The molecule has 2 aromatic carbocycles. The summed E-state index contributed by atoms with van der Waals surface area (Å²) in [5.74, 6) is 1.95. The molecule has 1 aliphatic heterocycles. The Morgan fingerprint density at radius 1 is 1.25 bits per heavy atom. The van der Waals surface area contributed by atoms with Crippen LogP contribution in [0.25, 0.3) is 6.08 Å². The van der Waals surface area contributed by atoms with E-state index in [4.69, 9.17) is 14.2 Å². The third kappa shape index (κ3) is 3.89. The molecule has 0 fully saturated rings. The van der Waals surface area contributed by atoms with Gasteiger partial charge in [0, 0.05) is 22.7 Å². The van der Waals surface area contributed by atoms with Crippen molar-refractivity contribution in [2.24, 2.45) is 0 Å². The number of benzene rings is 2. The number of carbonyl (C=O) groups is 1. The number of ether oxygens (including phenoxy) is 3. The number of hydrogen-bond acceptors (Lipinski definition) is 4. The highest BCUT2D eigenvalue weighted by atomic mass is 79.9. The molecule has 1 heterocycles. The highest BCUT2D eigenvalue weighted by molar-refractivity contribution is 9.10. The lowest BCUT2D eigenvalue weighted by Crippen LogP contribution is -2.20. The van der Waals surface area contributed by atoms with Gasteiger partial charge >= 0.3 is 0 Å². The molecule has 0 aromatic heterocycles. The van der Waals surface area contributed by atoms with Crippen LogP contribution in [-0.4, -0.2) is 19.8 Å². The molecule has 0 atom stereocenters. The molecule has 0 unspecified atom stereocenters. The van der Waals surface area contributed by atoms with Crippen molar-refractivity contribution in [2.75, 3.05) is 13.9 Å². The minimum atomic E-state index is -0.185. The van der Waals surface area contributed by atoms with Crippen molar-refractivity contribution in [1.82, 2.24) is 5.32 Å². The van der Waals surface area contributed by atoms with Crippen LogP contribution in [0.15, 0.2) is 46.9 Å². The summed E-state index contributed by atoms with van der Waals surface area (Å²) in [7, 11) is 1.60. The zero-order valence-electron chi connectivity index (χ0n) is 13.0. The molecule has 0 radical (unpaired) electrons. The Morgan fingerprint density at radius 3 is 2.92 bits per heavy atom. The zero-order chi connectivity index (χ0) is 16.9. The lowest BCUT2D eigenvalue weighted by Gasteiger charge is -2.06. The molecule has 124 valence electrons. The first-order valence-electron chi connectivity index (χ1n) is 7.33. The van der Waals surface area contributed by atoms with E-state index in [1.807, 2.05) is 36.4 Å². The summed E-state index contributed by atoms with van der Waals surface area (Å²) < 4.78 is 16.8. The molecule has 1 N–H and O–H groups in total. The maximum atomic E-state index is 12.0. The highest BCUT2D eigenvalue weighted by Crippen LogP contribution is 2.32. The normalized spacial score (nSPS) is 12.4. The van der Waals surface area contributed by atoms with E-state index < -0.39 is 0 Å². The van der Waals surface area contributed by atoms with Crippen LogP contribution in [0.4, 0.5) is 0 Å². The Labute approximate surface area is 148 Å². The molecular weight excluding hydrogens is 374 g/mol. The summed E-state index contributed by atoms with van der Waals surface area (Å²) >= 11 is 3.41. The van der Waals surface area contributed by atoms with Crippen molar-refractivity contribution in [3.63, 3.8) is 0 Å². The predicted molar refractivity (Wildman–Crippen MR) is 94.1 cm³/mol. The van der Waals surface area contributed by atoms with Crippen molar-refractivity contribution < 1.29 is 19.0 Å². The molecule has 0 bridgehead atoms. The van der Waals surface area contributed by atoms with E-state index in [0.29, 0.717) is 18.0 Å². The van der Waals surface area contributed by atoms with Gasteiger partial charge in [-0.3, -0.25) is 4.79 Å². The van der Waals surface area contributed by atoms with Gasteiger partial charge in [0.05, 0.1) is 7.11 Å². The van der Waals surface area contributed by atoms with Gasteiger partial charge in [0.1, 0.15) is 5.75 Å². The number of halogens is 1. The third-order valence-corrected chi connectivity index (χ3v) is 4.00. The molecule has 24 heavy (non-hydrogen) atoms. The number of hydrogen-bond donors (Lipinski definition) is 1. The first kappa shape index (κ1) is 16.4. The smallest absolute Gasteiger partial charge is 0.244 e. The summed E-state index contributed by atoms with van der Waals surface area (Å²) in [6, 6.07) is 11.2. The van der Waals surface area contributed by atoms with Crippen LogP contribution in [0.3, 0.4) is 0 Å². The van der Waals surface area contributed by atoms with Gasteiger partial charge in [0.2, 0.25) is 12.7 Å². The van der Waals surface area contributed by atoms with Gasteiger partial charge in [-0.2, -0.15) is 0 Å². The second kappa shape index (κ2) is 7.40. The highest BCUT2D eigenvalue weighted by Gasteiger charge is 2.13. The standard InChI is InChI=1S/C18H16BrNO4/c1-22-15-6-4-14(19)9-13(15)3-7-18(21)20-10-12-2-5-16-17(8-12)24-11-23-16/h2-9H,10-11H2,1H3,(H,20,21)/b7-3+. The number of amides is 1. The fourth-order valence-corrected chi connectivity index (χ4v) is 2.68. The summed E-state index contributed by atoms with van der Waals surface area (Å²) in [5, 5.41) is 2.84. The summed E-state index contributed by atoms with van der Waals surface area (Å²) in [5.41, 5.74) is 1.77. The van der Waals surface area contributed by atoms with E-state index in [9.17, 15) is 4.79 Å². The molecule has 1 amide bonds. The molecule has 3 rings (SSSR count).